The van der Waals surface area contributed by atoms with E-state index < -0.39 is 11.7 Å². The molecule has 0 aromatic heterocycles. The topological polar surface area (TPSA) is 0 Å². The minimum Gasteiger partial charge on any atom is -0.166 e. The lowest BCUT2D eigenvalue weighted by molar-refractivity contribution is -0.137. The van der Waals surface area contributed by atoms with Crippen molar-refractivity contribution in [2.45, 2.75) is 18.5 Å². The Kier molecular flexibility index (Phi) is 2.67. The molecule has 1 aromatic rings. The maximum atomic E-state index is 12.3. The largest absolute Gasteiger partial charge is 0.416 e. The van der Waals surface area contributed by atoms with Crippen LogP contribution in [0.4, 0.5) is 13.2 Å². The van der Waals surface area contributed by atoms with Gasteiger partial charge in [-0.3, -0.25) is 0 Å². The number of benzene rings is 1. The Morgan fingerprint density at radius 1 is 1.20 bits per heavy atom. The second-order valence-corrected chi connectivity index (χ2v) is 4.18. The van der Waals surface area contributed by atoms with Gasteiger partial charge in [-0.2, -0.15) is 13.2 Å². The number of halogens is 4. The zero-order valence-corrected chi connectivity index (χ0v) is 8.65. The molecule has 1 saturated carbocycles. The maximum Gasteiger partial charge on any atom is 0.416 e. The van der Waals surface area contributed by atoms with Crippen LogP contribution < -0.4 is 0 Å². The highest BCUT2D eigenvalue weighted by molar-refractivity contribution is 6.18. The molecule has 0 spiro atoms. The minimum absolute atomic E-state index is 0.366. The van der Waals surface area contributed by atoms with Gasteiger partial charge in [-0.05, 0) is 36.0 Å². The van der Waals surface area contributed by atoms with Crippen LogP contribution in [0.25, 0.3) is 0 Å². The van der Waals surface area contributed by atoms with Crippen molar-refractivity contribution in [3.63, 3.8) is 0 Å². The van der Waals surface area contributed by atoms with Gasteiger partial charge in [-0.25, -0.2) is 0 Å². The van der Waals surface area contributed by atoms with Gasteiger partial charge in [0.05, 0.1) is 5.56 Å². The first-order valence-corrected chi connectivity index (χ1v) is 5.29. The molecule has 4 heteroatoms. The quantitative estimate of drug-likeness (QED) is 0.678. The van der Waals surface area contributed by atoms with E-state index in [9.17, 15) is 13.2 Å². The molecule has 1 fully saturated rings. The maximum absolute atomic E-state index is 12.3. The first-order valence-electron chi connectivity index (χ1n) is 4.75. The molecular formula is C11H10ClF3. The summed E-state index contributed by atoms with van der Waals surface area (Å²) in [6.45, 7) is 0. The van der Waals surface area contributed by atoms with Gasteiger partial charge < -0.3 is 0 Å². The first-order chi connectivity index (χ1) is 7.02. The van der Waals surface area contributed by atoms with Gasteiger partial charge >= 0.3 is 6.18 Å². The molecule has 2 atom stereocenters. The monoisotopic (exact) mass is 234 g/mol. The average molecular weight is 235 g/mol. The van der Waals surface area contributed by atoms with Crippen molar-refractivity contribution in [1.82, 2.24) is 0 Å². The van der Waals surface area contributed by atoms with E-state index in [2.05, 4.69) is 0 Å². The molecular weight excluding hydrogens is 225 g/mol. The third-order valence-corrected chi connectivity index (χ3v) is 3.18. The summed E-state index contributed by atoms with van der Waals surface area (Å²) in [5.74, 6) is 1.40. The number of alkyl halides is 4. The molecule has 1 aromatic carbocycles. The smallest absolute Gasteiger partial charge is 0.166 e. The molecule has 0 heterocycles. The van der Waals surface area contributed by atoms with Crippen molar-refractivity contribution in [3.05, 3.63) is 35.4 Å². The molecule has 82 valence electrons. The Morgan fingerprint density at radius 2 is 1.80 bits per heavy atom. The van der Waals surface area contributed by atoms with Crippen molar-refractivity contribution in [1.29, 1.82) is 0 Å². The van der Waals surface area contributed by atoms with Crippen molar-refractivity contribution < 1.29 is 13.2 Å². The number of hydrogen-bond acceptors (Lipinski definition) is 0. The van der Waals surface area contributed by atoms with Crippen LogP contribution in [0.15, 0.2) is 24.3 Å². The molecule has 0 amide bonds. The number of hydrogen-bond donors (Lipinski definition) is 0. The van der Waals surface area contributed by atoms with E-state index in [-0.39, 0.29) is 0 Å². The molecule has 0 aliphatic heterocycles. The third-order valence-electron chi connectivity index (χ3n) is 2.79. The normalized spacial score (nSPS) is 25.3. The highest BCUT2D eigenvalue weighted by atomic mass is 35.5. The van der Waals surface area contributed by atoms with E-state index in [0.717, 1.165) is 24.1 Å². The summed E-state index contributed by atoms with van der Waals surface area (Å²) in [6, 6.07) is 5.39. The van der Waals surface area contributed by atoms with Gasteiger partial charge in [0.2, 0.25) is 0 Å². The Bertz CT molecular complexity index is 342. The van der Waals surface area contributed by atoms with E-state index in [1.54, 1.807) is 12.1 Å². The Morgan fingerprint density at radius 3 is 2.20 bits per heavy atom. The molecule has 2 rings (SSSR count). The van der Waals surface area contributed by atoms with Gasteiger partial charge in [0, 0.05) is 5.88 Å². The summed E-state index contributed by atoms with van der Waals surface area (Å²) in [6.07, 6.45) is -3.25. The van der Waals surface area contributed by atoms with Crippen molar-refractivity contribution in [3.8, 4) is 0 Å². The molecule has 0 saturated heterocycles. The van der Waals surface area contributed by atoms with Crippen LogP contribution in [0.3, 0.4) is 0 Å². The zero-order chi connectivity index (χ0) is 11.1. The lowest BCUT2D eigenvalue weighted by Gasteiger charge is -2.07. The molecule has 0 nitrogen and oxygen atoms in total. The standard InChI is InChI=1S/C11H10ClF3/c12-6-8-5-10(8)7-1-3-9(4-2-7)11(13,14)15/h1-4,8,10H,5-6H2. The van der Waals surface area contributed by atoms with Crippen LogP contribution in [0.2, 0.25) is 0 Å². The van der Waals surface area contributed by atoms with E-state index in [1.165, 1.54) is 0 Å². The van der Waals surface area contributed by atoms with Gasteiger partial charge in [-0.15, -0.1) is 11.6 Å². The molecule has 0 radical (unpaired) electrons. The van der Waals surface area contributed by atoms with Gasteiger partial charge in [0.1, 0.15) is 0 Å². The van der Waals surface area contributed by atoms with Crippen LogP contribution in [-0.4, -0.2) is 5.88 Å². The van der Waals surface area contributed by atoms with Gasteiger partial charge in [0.25, 0.3) is 0 Å². The summed E-state index contributed by atoms with van der Waals surface area (Å²) in [5, 5.41) is 0. The molecule has 2 unspecified atom stereocenters. The first kappa shape index (κ1) is 10.8. The molecule has 1 aliphatic carbocycles. The van der Waals surface area contributed by atoms with Crippen molar-refractivity contribution in [2.75, 3.05) is 5.88 Å². The summed E-state index contributed by atoms with van der Waals surface area (Å²) < 4.78 is 36.8. The van der Waals surface area contributed by atoms with Crippen LogP contribution in [0.1, 0.15) is 23.5 Å². The second-order valence-electron chi connectivity index (χ2n) is 3.88. The summed E-state index contributed by atoms with van der Waals surface area (Å²) in [4.78, 5) is 0. The second kappa shape index (κ2) is 3.71. The van der Waals surface area contributed by atoms with Crippen molar-refractivity contribution >= 4 is 11.6 Å². The fraction of sp³-hybridized carbons (Fsp3) is 0.455. The van der Waals surface area contributed by atoms with Gasteiger partial charge in [-0.1, -0.05) is 12.1 Å². The Hall–Kier alpha value is -0.700. The predicted octanol–water partition coefficient (Wildman–Crippen LogP) is 4.05. The van der Waals surface area contributed by atoms with E-state index in [1.807, 2.05) is 0 Å². The van der Waals surface area contributed by atoms with Crippen molar-refractivity contribution in [2.24, 2.45) is 5.92 Å². The SMILES string of the molecule is FC(F)(F)c1ccc(C2CC2CCl)cc1. The fourth-order valence-electron chi connectivity index (χ4n) is 1.75. The molecule has 0 N–H and O–H groups in total. The highest BCUT2D eigenvalue weighted by Crippen LogP contribution is 2.48. The summed E-state index contributed by atoms with van der Waals surface area (Å²) in [5.41, 5.74) is 0.378. The zero-order valence-electron chi connectivity index (χ0n) is 7.89. The lowest BCUT2D eigenvalue weighted by Crippen LogP contribution is -2.04. The Balaban J connectivity index is 2.12. The summed E-state index contributed by atoms with van der Waals surface area (Å²) in [7, 11) is 0. The van der Waals surface area contributed by atoms with Crippen LogP contribution in [0.5, 0.6) is 0 Å². The number of rotatable bonds is 2. The van der Waals surface area contributed by atoms with E-state index >= 15 is 0 Å². The fourth-order valence-corrected chi connectivity index (χ4v) is 2.09. The van der Waals surface area contributed by atoms with Crippen LogP contribution >= 0.6 is 11.6 Å². The van der Waals surface area contributed by atoms with E-state index in [4.69, 9.17) is 11.6 Å². The third kappa shape index (κ3) is 2.28. The van der Waals surface area contributed by atoms with Crippen LogP contribution in [0, 0.1) is 5.92 Å². The summed E-state index contributed by atoms with van der Waals surface area (Å²) >= 11 is 5.67. The molecule has 15 heavy (non-hydrogen) atoms. The molecule has 0 bridgehead atoms. The Labute approximate surface area is 91.1 Å². The average Bonchev–Trinajstić information content (AvgIpc) is 2.95. The van der Waals surface area contributed by atoms with Crippen LogP contribution in [-0.2, 0) is 6.18 Å². The highest BCUT2D eigenvalue weighted by Gasteiger charge is 2.38. The van der Waals surface area contributed by atoms with Gasteiger partial charge in [0.15, 0.2) is 0 Å². The molecule has 1 aliphatic rings. The lowest BCUT2D eigenvalue weighted by atomic mass is 10.1. The minimum atomic E-state index is -4.24. The van der Waals surface area contributed by atoms with E-state index in [0.29, 0.717) is 17.7 Å². The predicted molar refractivity (Wildman–Crippen MR) is 53.0 cm³/mol.